The molecule has 0 bridgehead atoms. The Morgan fingerprint density at radius 1 is 1.00 bits per heavy atom. The SMILES string of the molecule is N#Cc1ccc(Cn2cncc2CNc2ccc3[nH]c(C(=O)N4CCCCC4)c(-c4ccccc4)c3c2)cc1. The zero-order valence-electron chi connectivity index (χ0n) is 21.7. The Bertz CT molecular complexity index is 1640. The first-order chi connectivity index (χ1) is 19.2. The van der Waals surface area contributed by atoms with Gasteiger partial charge in [-0.1, -0.05) is 42.5 Å². The maximum atomic E-state index is 13.6. The Labute approximate surface area is 227 Å². The summed E-state index contributed by atoms with van der Waals surface area (Å²) in [6.45, 7) is 2.91. The van der Waals surface area contributed by atoms with E-state index in [9.17, 15) is 4.79 Å². The van der Waals surface area contributed by atoms with E-state index in [2.05, 4.69) is 44.1 Å². The van der Waals surface area contributed by atoms with Crippen LogP contribution >= 0.6 is 0 Å². The van der Waals surface area contributed by atoms with Crippen molar-refractivity contribution >= 4 is 22.5 Å². The highest BCUT2D eigenvalue weighted by Crippen LogP contribution is 2.35. The van der Waals surface area contributed by atoms with Gasteiger partial charge in [0, 0.05) is 48.0 Å². The molecular formula is C32H30N6O. The largest absolute Gasteiger partial charge is 0.379 e. The molecule has 0 unspecified atom stereocenters. The van der Waals surface area contributed by atoms with Crippen molar-refractivity contribution in [3.63, 3.8) is 0 Å². The summed E-state index contributed by atoms with van der Waals surface area (Å²) in [5.74, 6) is 0.0750. The number of imidazole rings is 1. The normalized spacial score (nSPS) is 13.4. The molecule has 0 saturated carbocycles. The van der Waals surface area contributed by atoms with Crippen LogP contribution in [-0.4, -0.2) is 38.4 Å². The number of H-pyrrole nitrogens is 1. The van der Waals surface area contributed by atoms with Crippen molar-refractivity contribution in [1.29, 1.82) is 5.26 Å². The van der Waals surface area contributed by atoms with Crippen LogP contribution in [-0.2, 0) is 13.1 Å². The average molecular weight is 515 g/mol. The predicted molar refractivity (Wildman–Crippen MR) is 153 cm³/mol. The van der Waals surface area contributed by atoms with Crippen LogP contribution in [0.3, 0.4) is 0 Å². The Balaban J connectivity index is 1.27. The molecule has 3 aromatic carbocycles. The molecule has 39 heavy (non-hydrogen) atoms. The monoisotopic (exact) mass is 514 g/mol. The fourth-order valence-electron chi connectivity index (χ4n) is 5.33. The van der Waals surface area contributed by atoms with E-state index in [4.69, 9.17) is 5.26 Å². The lowest BCUT2D eigenvalue weighted by Crippen LogP contribution is -2.36. The number of fused-ring (bicyclic) bond motifs is 1. The number of hydrogen-bond donors (Lipinski definition) is 2. The highest BCUT2D eigenvalue weighted by atomic mass is 16.2. The van der Waals surface area contributed by atoms with Gasteiger partial charge in [0.25, 0.3) is 5.91 Å². The Morgan fingerprint density at radius 2 is 1.79 bits per heavy atom. The third-order valence-electron chi connectivity index (χ3n) is 7.43. The van der Waals surface area contributed by atoms with Crippen LogP contribution < -0.4 is 5.32 Å². The number of aromatic amines is 1. The van der Waals surface area contributed by atoms with E-state index in [0.29, 0.717) is 24.3 Å². The third-order valence-corrected chi connectivity index (χ3v) is 7.43. The number of likely N-dealkylation sites (tertiary alicyclic amines) is 1. The third kappa shape index (κ3) is 5.14. The van der Waals surface area contributed by atoms with Crippen molar-refractivity contribution in [2.75, 3.05) is 18.4 Å². The van der Waals surface area contributed by atoms with Crippen LogP contribution in [0.4, 0.5) is 5.69 Å². The molecule has 1 fully saturated rings. The molecule has 1 aliphatic rings. The zero-order valence-corrected chi connectivity index (χ0v) is 21.7. The number of piperidine rings is 1. The summed E-state index contributed by atoms with van der Waals surface area (Å²) in [5, 5.41) is 13.6. The molecule has 0 aliphatic carbocycles. The van der Waals surface area contributed by atoms with Gasteiger partial charge in [0.05, 0.1) is 30.2 Å². The molecule has 1 saturated heterocycles. The van der Waals surface area contributed by atoms with Gasteiger partial charge in [-0.2, -0.15) is 5.26 Å². The molecule has 7 nitrogen and oxygen atoms in total. The molecular weight excluding hydrogens is 484 g/mol. The Hall–Kier alpha value is -4.83. The molecule has 5 aromatic rings. The number of rotatable bonds is 7. The van der Waals surface area contributed by atoms with Crippen molar-refractivity contribution in [3.05, 3.63) is 108 Å². The number of hydrogen-bond acceptors (Lipinski definition) is 4. The predicted octanol–water partition coefficient (Wildman–Crippen LogP) is 6.19. The van der Waals surface area contributed by atoms with Crippen LogP contribution in [0.15, 0.2) is 85.3 Å². The minimum Gasteiger partial charge on any atom is -0.379 e. The zero-order chi connectivity index (χ0) is 26.6. The Morgan fingerprint density at radius 3 is 2.56 bits per heavy atom. The van der Waals surface area contributed by atoms with Crippen LogP contribution in [0.5, 0.6) is 0 Å². The van der Waals surface area contributed by atoms with Gasteiger partial charge in [-0.3, -0.25) is 4.79 Å². The molecule has 2 aromatic heterocycles. The lowest BCUT2D eigenvalue weighted by molar-refractivity contribution is 0.0720. The highest BCUT2D eigenvalue weighted by molar-refractivity contribution is 6.10. The van der Waals surface area contributed by atoms with E-state index >= 15 is 0 Å². The molecule has 7 heteroatoms. The second kappa shape index (κ2) is 10.9. The van der Waals surface area contributed by atoms with E-state index in [1.54, 1.807) is 0 Å². The highest BCUT2D eigenvalue weighted by Gasteiger charge is 2.25. The van der Waals surface area contributed by atoms with E-state index in [0.717, 1.165) is 64.9 Å². The van der Waals surface area contributed by atoms with Gasteiger partial charge in [-0.15, -0.1) is 0 Å². The number of aromatic nitrogens is 3. The topological polar surface area (TPSA) is 89.7 Å². The fraction of sp³-hybridized carbons (Fsp3) is 0.219. The Kier molecular flexibility index (Phi) is 6.84. The van der Waals surface area contributed by atoms with E-state index in [-0.39, 0.29) is 5.91 Å². The number of anilines is 1. The standard InChI is InChI=1S/C32H30N6O/c33-18-23-9-11-24(12-10-23)21-38-22-34-19-27(38)20-35-26-13-14-29-28(17-26)30(25-7-3-1-4-8-25)31(36-29)32(39)37-15-5-2-6-16-37/h1,3-4,7-14,17,19,22,35-36H,2,5-6,15-16,20-21H2. The van der Waals surface area contributed by atoms with Gasteiger partial charge in [0.15, 0.2) is 0 Å². The van der Waals surface area contributed by atoms with Crippen molar-refractivity contribution in [1.82, 2.24) is 19.4 Å². The van der Waals surface area contributed by atoms with E-state index < -0.39 is 0 Å². The summed E-state index contributed by atoms with van der Waals surface area (Å²) in [7, 11) is 0. The minimum absolute atomic E-state index is 0.0750. The van der Waals surface area contributed by atoms with Gasteiger partial charge >= 0.3 is 0 Å². The molecule has 3 heterocycles. The van der Waals surface area contributed by atoms with Crippen LogP contribution in [0.25, 0.3) is 22.0 Å². The second-order valence-electron chi connectivity index (χ2n) is 10.0. The number of carbonyl (C=O) groups excluding carboxylic acids is 1. The van der Waals surface area contributed by atoms with Crippen LogP contribution in [0, 0.1) is 11.3 Å². The van der Waals surface area contributed by atoms with Crippen molar-refractivity contribution in [2.45, 2.75) is 32.4 Å². The van der Waals surface area contributed by atoms with Gasteiger partial charge in [0.2, 0.25) is 0 Å². The molecule has 0 radical (unpaired) electrons. The maximum absolute atomic E-state index is 13.6. The summed E-state index contributed by atoms with van der Waals surface area (Å²) in [6, 6.07) is 26.2. The van der Waals surface area contributed by atoms with Crippen molar-refractivity contribution < 1.29 is 4.79 Å². The smallest absolute Gasteiger partial charge is 0.270 e. The maximum Gasteiger partial charge on any atom is 0.270 e. The quantitative estimate of drug-likeness (QED) is 0.271. The number of amides is 1. The molecule has 1 amide bonds. The molecule has 194 valence electrons. The number of nitrogens with one attached hydrogen (secondary N) is 2. The summed E-state index contributed by atoms with van der Waals surface area (Å²) in [6.07, 6.45) is 7.00. The summed E-state index contributed by atoms with van der Waals surface area (Å²) < 4.78 is 2.11. The number of nitriles is 1. The van der Waals surface area contributed by atoms with Gasteiger partial charge < -0.3 is 19.8 Å². The first-order valence-corrected chi connectivity index (χ1v) is 13.4. The summed E-state index contributed by atoms with van der Waals surface area (Å²) in [4.78, 5) is 23.4. The van der Waals surface area contributed by atoms with Gasteiger partial charge in [0.1, 0.15) is 5.69 Å². The number of nitrogens with zero attached hydrogens (tertiary/aromatic N) is 4. The molecule has 0 spiro atoms. The fourth-order valence-corrected chi connectivity index (χ4v) is 5.33. The average Bonchev–Trinajstić information content (AvgIpc) is 3.60. The van der Waals surface area contributed by atoms with E-state index in [1.165, 1.54) is 6.42 Å². The minimum atomic E-state index is 0.0750. The summed E-state index contributed by atoms with van der Waals surface area (Å²) in [5.41, 5.74) is 7.39. The van der Waals surface area contributed by atoms with Gasteiger partial charge in [-0.05, 0) is 60.7 Å². The van der Waals surface area contributed by atoms with E-state index in [1.807, 2.05) is 72.0 Å². The molecule has 2 N–H and O–H groups in total. The first kappa shape index (κ1) is 24.5. The first-order valence-electron chi connectivity index (χ1n) is 13.4. The molecule has 1 aliphatic heterocycles. The van der Waals surface area contributed by atoms with Crippen molar-refractivity contribution in [3.8, 4) is 17.2 Å². The molecule has 6 rings (SSSR count). The lowest BCUT2D eigenvalue weighted by Gasteiger charge is -2.26. The van der Waals surface area contributed by atoms with Crippen LogP contribution in [0.2, 0.25) is 0 Å². The van der Waals surface area contributed by atoms with Crippen LogP contribution in [0.1, 0.15) is 46.6 Å². The lowest BCUT2D eigenvalue weighted by atomic mass is 10.0. The second-order valence-corrected chi connectivity index (χ2v) is 10.0. The number of carbonyl (C=O) groups is 1. The molecule has 0 atom stereocenters. The number of benzene rings is 3. The summed E-state index contributed by atoms with van der Waals surface area (Å²) >= 11 is 0. The van der Waals surface area contributed by atoms with Gasteiger partial charge in [-0.25, -0.2) is 4.98 Å². The van der Waals surface area contributed by atoms with Crippen molar-refractivity contribution in [2.24, 2.45) is 0 Å².